The third-order valence-electron chi connectivity index (χ3n) is 5.35. The number of hydrogen-bond acceptors (Lipinski definition) is 3. The number of likely N-dealkylation sites (tertiary alicyclic amines) is 1. The van der Waals surface area contributed by atoms with E-state index in [4.69, 9.17) is 4.74 Å². The van der Waals surface area contributed by atoms with Crippen molar-refractivity contribution in [3.63, 3.8) is 0 Å². The molecular formula is C18H26N2O2. The number of carbonyl (C=O) groups excluding carboxylic acids is 1. The summed E-state index contributed by atoms with van der Waals surface area (Å²) in [5.41, 5.74) is 1.000. The lowest BCUT2D eigenvalue weighted by Gasteiger charge is -2.37. The molecular weight excluding hydrogens is 276 g/mol. The van der Waals surface area contributed by atoms with Crippen molar-refractivity contribution in [1.29, 1.82) is 0 Å². The Hall–Kier alpha value is -1.55. The van der Waals surface area contributed by atoms with E-state index in [0.717, 1.165) is 38.2 Å². The van der Waals surface area contributed by atoms with Gasteiger partial charge in [0.25, 0.3) is 0 Å². The van der Waals surface area contributed by atoms with Gasteiger partial charge in [0.05, 0.1) is 12.5 Å². The van der Waals surface area contributed by atoms with Gasteiger partial charge in [-0.2, -0.15) is 0 Å². The molecule has 22 heavy (non-hydrogen) atoms. The van der Waals surface area contributed by atoms with Crippen molar-refractivity contribution in [2.45, 2.75) is 38.6 Å². The molecule has 0 bridgehead atoms. The van der Waals surface area contributed by atoms with Gasteiger partial charge in [0, 0.05) is 18.5 Å². The topological polar surface area (TPSA) is 41.6 Å². The van der Waals surface area contributed by atoms with Crippen LogP contribution in [0.25, 0.3) is 0 Å². The van der Waals surface area contributed by atoms with Gasteiger partial charge >= 0.3 is 0 Å². The third kappa shape index (κ3) is 2.39. The number of carbonyl (C=O) groups is 1. The van der Waals surface area contributed by atoms with Gasteiger partial charge in [-0.15, -0.1) is 0 Å². The van der Waals surface area contributed by atoms with Crippen molar-refractivity contribution >= 4 is 5.91 Å². The molecule has 120 valence electrons. The monoisotopic (exact) mass is 302 g/mol. The summed E-state index contributed by atoms with van der Waals surface area (Å²) in [4.78, 5) is 15.2. The van der Waals surface area contributed by atoms with Crippen LogP contribution in [0.3, 0.4) is 0 Å². The third-order valence-corrected chi connectivity index (χ3v) is 5.35. The van der Waals surface area contributed by atoms with Crippen LogP contribution in [-0.2, 0) is 4.79 Å². The summed E-state index contributed by atoms with van der Waals surface area (Å²) < 4.78 is 5.38. The lowest BCUT2D eigenvalue weighted by molar-refractivity contribution is -0.139. The standard InChI is InChI=1S/C18H26N2O2/c1-13(2)20-12-16(14-5-4-6-15(11-14)22-3)18(17(20)21)7-9-19-10-8-18/h4-6,11,13,16,19H,7-10,12H2,1-3H3/t16-/m0/s1. The molecule has 0 saturated carbocycles. The van der Waals surface area contributed by atoms with Crippen molar-refractivity contribution in [2.75, 3.05) is 26.7 Å². The number of hydrogen-bond donors (Lipinski definition) is 1. The Bertz CT molecular complexity index is 550. The van der Waals surface area contributed by atoms with Gasteiger partial charge < -0.3 is 15.0 Å². The van der Waals surface area contributed by atoms with Crippen LogP contribution < -0.4 is 10.1 Å². The first kappa shape index (κ1) is 15.3. The molecule has 4 nitrogen and oxygen atoms in total. The summed E-state index contributed by atoms with van der Waals surface area (Å²) in [6.07, 6.45) is 1.86. The highest BCUT2D eigenvalue weighted by atomic mass is 16.5. The summed E-state index contributed by atoms with van der Waals surface area (Å²) >= 11 is 0. The Morgan fingerprint density at radius 2 is 2.05 bits per heavy atom. The van der Waals surface area contributed by atoms with Crippen LogP contribution in [0.5, 0.6) is 5.75 Å². The molecule has 2 saturated heterocycles. The maximum Gasteiger partial charge on any atom is 0.229 e. The van der Waals surface area contributed by atoms with Crippen LogP contribution in [0.15, 0.2) is 24.3 Å². The van der Waals surface area contributed by atoms with E-state index in [9.17, 15) is 4.79 Å². The fourth-order valence-corrected chi connectivity index (χ4v) is 4.05. The number of amides is 1. The molecule has 1 amide bonds. The highest BCUT2D eigenvalue weighted by Crippen LogP contribution is 2.50. The predicted octanol–water partition coefficient (Wildman–Crippen LogP) is 2.40. The van der Waals surface area contributed by atoms with Gasteiger partial charge in [-0.3, -0.25) is 4.79 Å². The maximum absolute atomic E-state index is 13.1. The van der Waals surface area contributed by atoms with Crippen LogP contribution in [0.4, 0.5) is 0 Å². The molecule has 1 spiro atoms. The molecule has 1 N–H and O–H groups in total. The molecule has 1 aromatic carbocycles. The molecule has 0 aliphatic carbocycles. The Kier molecular flexibility index (Phi) is 4.13. The van der Waals surface area contributed by atoms with E-state index in [1.54, 1.807) is 7.11 Å². The second-order valence-electron chi connectivity index (χ2n) is 6.79. The molecule has 1 atom stereocenters. The van der Waals surface area contributed by atoms with Gasteiger partial charge in [0.2, 0.25) is 5.91 Å². The molecule has 2 aliphatic heterocycles. The largest absolute Gasteiger partial charge is 0.497 e. The number of ether oxygens (including phenoxy) is 1. The zero-order valence-electron chi connectivity index (χ0n) is 13.8. The maximum atomic E-state index is 13.1. The van der Waals surface area contributed by atoms with Crippen LogP contribution in [0.1, 0.15) is 38.2 Å². The smallest absolute Gasteiger partial charge is 0.229 e. The lowest BCUT2D eigenvalue weighted by Crippen LogP contribution is -2.45. The fraction of sp³-hybridized carbons (Fsp3) is 0.611. The average Bonchev–Trinajstić information content (AvgIpc) is 2.81. The van der Waals surface area contributed by atoms with Crippen molar-refractivity contribution in [2.24, 2.45) is 5.41 Å². The van der Waals surface area contributed by atoms with Gasteiger partial charge in [-0.25, -0.2) is 0 Å². The highest BCUT2D eigenvalue weighted by molar-refractivity contribution is 5.87. The van der Waals surface area contributed by atoms with Crippen molar-refractivity contribution in [3.8, 4) is 5.75 Å². The second kappa shape index (κ2) is 5.92. The zero-order chi connectivity index (χ0) is 15.7. The van der Waals surface area contributed by atoms with Gasteiger partial charge in [0.15, 0.2) is 0 Å². The van der Waals surface area contributed by atoms with Crippen LogP contribution >= 0.6 is 0 Å². The second-order valence-corrected chi connectivity index (χ2v) is 6.79. The van der Waals surface area contributed by atoms with Crippen molar-refractivity contribution < 1.29 is 9.53 Å². The van der Waals surface area contributed by atoms with Crippen molar-refractivity contribution in [1.82, 2.24) is 10.2 Å². The summed E-state index contributed by atoms with van der Waals surface area (Å²) in [5, 5.41) is 3.40. The van der Waals surface area contributed by atoms with E-state index >= 15 is 0 Å². The number of rotatable bonds is 3. The zero-order valence-corrected chi connectivity index (χ0v) is 13.8. The fourth-order valence-electron chi connectivity index (χ4n) is 4.05. The van der Waals surface area contributed by atoms with E-state index in [-0.39, 0.29) is 17.4 Å². The molecule has 2 heterocycles. The normalized spacial score (nSPS) is 24.3. The van der Waals surface area contributed by atoms with Crippen LogP contribution in [0, 0.1) is 5.41 Å². The lowest BCUT2D eigenvalue weighted by atomic mass is 9.68. The summed E-state index contributed by atoms with van der Waals surface area (Å²) in [5.74, 6) is 1.48. The SMILES string of the molecule is COc1cccc([C@@H]2CN(C(C)C)C(=O)C23CCNCC3)c1. The van der Waals surface area contributed by atoms with E-state index in [0.29, 0.717) is 5.91 Å². The summed E-state index contributed by atoms with van der Waals surface area (Å²) in [6.45, 7) is 6.90. The van der Waals surface area contributed by atoms with Gasteiger partial charge in [-0.1, -0.05) is 12.1 Å². The number of piperidine rings is 1. The Labute approximate surface area is 132 Å². The van der Waals surface area contributed by atoms with Crippen LogP contribution in [-0.4, -0.2) is 43.6 Å². The Morgan fingerprint density at radius 3 is 2.68 bits per heavy atom. The number of benzene rings is 1. The van der Waals surface area contributed by atoms with E-state index in [2.05, 4.69) is 36.2 Å². The quantitative estimate of drug-likeness (QED) is 0.932. The minimum atomic E-state index is -0.234. The van der Waals surface area contributed by atoms with Gasteiger partial charge in [0.1, 0.15) is 5.75 Å². The van der Waals surface area contributed by atoms with E-state index < -0.39 is 0 Å². The Balaban J connectivity index is 2.01. The first-order chi connectivity index (χ1) is 10.6. The Morgan fingerprint density at radius 1 is 1.32 bits per heavy atom. The highest BCUT2D eigenvalue weighted by Gasteiger charge is 2.54. The molecule has 0 aromatic heterocycles. The van der Waals surface area contributed by atoms with Crippen molar-refractivity contribution in [3.05, 3.63) is 29.8 Å². The molecule has 2 fully saturated rings. The predicted molar refractivity (Wildman–Crippen MR) is 87.1 cm³/mol. The van der Waals surface area contributed by atoms with Crippen LogP contribution in [0.2, 0.25) is 0 Å². The minimum absolute atomic E-state index is 0.234. The molecule has 2 aliphatic rings. The van der Waals surface area contributed by atoms with E-state index in [1.165, 1.54) is 5.56 Å². The number of nitrogens with zero attached hydrogens (tertiary/aromatic N) is 1. The minimum Gasteiger partial charge on any atom is -0.497 e. The van der Waals surface area contributed by atoms with E-state index in [1.807, 2.05) is 12.1 Å². The molecule has 0 unspecified atom stereocenters. The molecule has 0 radical (unpaired) electrons. The average molecular weight is 302 g/mol. The first-order valence-corrected chi connectivity index (χ1v) is 8.24. The summed E-state index contributed by atoms with van der Waals surface area (Å²) in [6, 6.07) is 8.51. The molecule has 4 heteroatoms. The number of methoxy groups -OCH3 is 1. The molecule has 1 aromatic rings. The van der Waals surface area contributed by atoms with Gasteiger partial charge in [-0.05, 0) is 57.5 Å². The summed E-state index contributed by atoms with van der Waals surface area (Å²) in [7, 11) is 1.69. The molecule has 3 rings (SSSR count). The number of nitrogens with one attached hydrogen (secondary N) is 1. The first-order valence-electron chi connectivity index (χ1n) is 8.24.